The highest BCUT2D eigenvalue weighted by Crippen LogP contribution is 2.42. The van der Waals surface area contributed by atoms with Gasteiger partial charge in [0.25, 0.3) is 0 Å². The molecule has 1 amide bonds. The van der Waals surface area contributed by atoms with Crippen LogP contribution in [0.1, 0.15) is 68.4 Å². The van der Waals surface area contributed by atoms with Gasteiger partial charge in [-0.25, -0.2) is 4.98 Å². The van der Waals surface area contributed by atoms with Gasteiger partial charge in [-0.3, -0.25) is 9.69 Å². The maximum atomic E-state index is 13.1. The number of carbonyl (C=O) groups excluding carboxylic acids is 1. The molecule has 3 aliphatic rings. The number of fused-ring (bicyclic) bond motifs is 3. The SMILES string of the molecule is Cc1nc2ccccc2n1[C@@H]1C[C@H]2CC[C@@H](C1)N2CC[C@H](NC(=O)C1CCOCC1)c1ccccc1. The molecule has 3 saturated heterocycles. The van der Waals surface area contributed by atoms with Gasteiger partial charge in [-0.05, 0) is 69.6 Å². The number of para-hydroxylation sites is 2. The van der Waals surface area contributed by atoms with E-state index in [2.05, 4.69) is 70.2 Å². The molecule has 0 aliphatic carbocycles. The molecule has 1 aromatic heterocycles. The number of hydrogen-bond acceptors (Lipinski definition) is 4. The molecule has 2 aromatic carbocycles. The van der Waals surface area contributed by atoms with E-state index in [1.807, 2.05) is 6.07 Å². The zero-order valence-corrected chi connectivity index (χ0v) is 21.3. The van der Waals surface area contributed by atoms with Gasteiger partial charge in [-0.1, -0.05) is 42.5 Å². The van der Waals surface area contributed by atoms with Gasteiger partial charge in [0.05, 0.1) is 17.1 Å². The van der Waals surface area contributed by atoms with Crippen LogP contribution in [0.3, 0.4) is 0 Å². The van der Waals surface area contributed by atoms with E-state index in [0.29, 0.717) is 31.3 Å². The number of amides is 1. The van der Waals surface area contributed by atoms with Crippen LogP contribution in [0.25, 0.3) is 11.0 Å². The van der Waals surface area contributed by atoms with Gasteiger partial charge < -0.3 is 14.6 Å². The van der Waals surface area contributed by atoms with E-state index >= 15 is 0 Å². The lowest BCUT2D eigenvalue weighted by molar-refractivity contribution is -0.128. The number of aryl methyl sites for hydroxylation is 1. The van der Waals surface area contributed by atoms with Crippen LogP contribution in [0.15, 0.2) is 54.6 Å². The third kappa shape index (κ3) is 4.69. The van der Waals surface area contributed by atoms with Crippen LogP contribution in [-0.2, 0) is 9.53 Å². The maximum absolute atomic E-state index is 13.1. The number of ether oxygens (including phenoxy) is 1. The Morgan fingerprint density at radius 3 is 2.42 bits per heavy atom. The quantitative estimate of drug-likeness (QED) is 0.500. The Kier molecular flexibility index (Phi) is 6.81. The molecule has 4 atom stereocenters. The van der Waals surface area contributed by atoms with Crippen LogP contribution in [0.4, 0.5) is 0 Å². The van der Waals surface area contributed by atoms with Crippen molar-refractivity contribution in [2.75, 3.05) is 19.8 Å². The van der Waals surface area contributed by atoms with E-state index < -0.39 is 0 Å². The highest BCUT2D eigenvalue weighted by atomic mass is 16.5. The number of hydrogen-bond donors (Lipinski definition) is 1. The number of benzene rings is 2. The van der Waals surface area contributed by atoms with Crippen LogP contribution in [0, 0.1) is 12.8 Å². The Balaban J connectivity index is 1.14. The summed E-state index contributed by atoms with van der Waals surface area (Å²) >= 11 is 0. The number of rotatable bonds is 7. The summed E-state index contributed by atoms with van der Waals surface area (Å²) in [6, 6.07) is 20.9. The van der Waals surface area contributed by atoms with Crippen LogP contribution in [-0.4, -0.2) is 52.2 Å². The van der Waals surface area contributed by atoms with E-state index in [9.17, 15) is 4.79 Å². The molecule has 3 aromatic rings. The third-order valence-corrected chi connectivity index (χ3v) is 8.78. The second kappa shape index (κ2) is 10.3. The number of nitrogens with zero attached hydrogens (tertiary/aromatic N) is 3. The lowest BCUT2D eigenvalue weighted by Gasteiger charge is -2.40. The fourth-order valence-corrected chi connectivity index (χ4v) is 6.98. The molecule has 4 heterocycles. The molecule has 190 valence electrons. The minimum Gasteiger partial charge on any atom is -0.381 e. The van der Waals surface area contributed by atoms with Gasteiger partial charge in [0.15, 0.2) is 0 Å². The lowest BCUT2D eigenvalue weighted by atomic mass is 9.94. The third-order valence-electron chi connectivity index (χ3n) is 8.78. The van der Waals surface area contributed by atoms with E-state index in [0.717, 1.165) is 37.1 Å². The van der Waals surface area contributed by atoms with Gasteiger partial charge >= 0.3 is 0 Å². The van der Waals surface area contributed by atoms with E-state index in [-0.39, 0.29) is 17.9 Å². The smallest absolute Gasteiger partial charge is 0.223 e. The van der Waals surface area contributed by atoms with E-state index in [4.69, 9.17) is 9.72 Å². The molecule has 3 fully saturated rings. The van der Waals surface area contributed by atoms with Crippen molar-refractivity contribution in [3.8, 4) is 0 Å². The molecule has 0 saturated carbocycles. The predicted octanol–water partition coefficient (Wildman–Crippen LogP) is 5.19. The van der Waals surface area contributed by atoms with Crippen LogP contribution in [0.5, 0.6) is 0 Å². The summed E-state index contributed by atoms with van der Waals surface area (Å²) in [5.74, 6) is 1.40. The summed E-state index contributed by atoms with van der Waals surface area (Å²) in [6.07, 6.45) is 7.52. The van der Waals surface area contributed by atoms with Crippen LogP contribution in [0.2, 0.25) is 0 Å². The van der Waals surface area contributed by atoms with Crippen LogP contribution < -0.4 is 5.32 Å². The first-order chi connectivity index (χ1) is 17.7. The van der Waals surface area contributed by atoms with E-state index in [1.54, 1.807) is 0 Å². The Bertz CT molecular complexity index is 1170. The lowest BCUT2D eigenvalue weighted by Crippen LogP contribution is -2.45. The van der Waals surface area contributed by atoms with Gasteiger partial charge in [-0.15, -0.1) is 0 Å². The second-order valence-electron chi connectivity index (χ2n) is 10.9. The largest absolute Gasteiger partial charge is 0.381 e. The van der Waals surface area contributed by atoms with Crippen molar-refractivity contribution in [1.82, 2.24) is 19.8 Å². The molecule has 0 radical (unpaired) electrons. The number of piperidine rings is 1. The average molecular weight is 487 g/mol. The summed E-state index contributed by atoms with van der Waals surface area (Å²) in [4.78, 5) is 20.7. The highest BCUT2D eigenvalue weighted by Gasteiger charge is 2.41. The van der Waals surface area contributed by atoms with Gasteiger partial charge in [0, 0.05) is 43.8 Å². The summed E-state index contributed by atoms with van der Waals surface area (Å²) in [6.45, 7) is 4.56. The summed E-state index contributed by atoms with van der Waals surface area (Å²) in [5.41, 5.74) is 3.59. The minimum atomic E-state index is 0.0542. The molecular weight excluding hydrogens is 448 g/mol. The first-order valence-electron chi connectivity index (χ1n) is 13.8. The summed E-state index contributed by atoms with van der Waals surface area (Å²) in [5, 5.41) is 3.42. The van der Waals surface area contributed by atoms with Crippen molar-refractivity contribution in [1.29, 1.82) is 0 Å². The van der Waals surface area contributed by atoms with E-state index in [1.165, 1.54) is 36.8 Å². The number of carbonyl (C=O) groups is 1. The molecule has 0 spiro atoms. The molecular formula is C30H38N4O2. The predicted molar refractivity (Wildman–Crippen MR) is 142 cm³/mol. The fourth-order valence-electron chi connectivity index (χ4n) is 6.98. The molecule has 6 rings (SSSR count). The average Bonchev–Trinajstić information content (AvgIpc) is 3.37. The normalized spacial score (nSPS) is 25.8. The van der Waals surface area contributed by atoms with Crippen molar-refractivity contribution >= 4 is 16.9 Å². The molecule has 1 N–H and O–H groups in total. The zero-order valence-electron chi connectivity index (χ0n) is 21.3. The monoisotopic (exact) mass is 486 g/mol. The Hall–Kier alpha value is -2.70. The van der Waals surface area contributed by atoms with Crippen molar-refractivity contribution in [2.24, 2.45) is 5.92 Å². The van der Waals surface area contributed by atoms with Gasteiger partial charge in [0.1, 0.15) is 5.82 Å². The van der Waals surface area contributed by atoms with Crippen molar-refractivity contribution in [2.45, 2.75) is 76.0 Å². The Morgan fingerprint density at radius 1 is 0.972 bits per heavy atom. The summed E-state index contributed by atoms with van der Waals surface area (Å²) < 4.78 is 7.97. The first-order valence-corrected chi connectivity index (χ1v) is 13.8. The van der Waals surface area contributed by atoms with Crippen molar-refractivity contribution < 1.29 is 9.53 Å². The molecule has 6 nitrogen and oxygen atoms in total. The van der Waals surface area contributed by atoms with Crippen molar-refractivity contribution in [3.05, 3.63) is 66.0 Å². The molecule has 2 bridgehead atoms. The number of nitrogens with one attached hydrogen (secondary N) is 1. The number of aromatic nitrogens is 2. The topological polar surface area (TPSA) is 59.4 Å². The molecule has 6 heteroatoms. The fraction of sp³-hybridized carbons (Fsp3) is 0.533. The second-order valence-corrected chi connectivity index (χ2v) is 10.9. The standard InChI is InChI=1S/C30H38N4O2/c1-21-31-28-9-5-6-10-29(28)34(21)26-19-24-11-12-25(20-26)33(24)16-13-27(22-7-3-2-4-8-22)32-30(35)23-14-17-36-18-15-23/h2-10,23-27H,11-20H2,1H3,(H,32,35)/t24-,25+,26-,27-/m0/s1. The molecule has 0 unspecified atom stereocenters. The maximum Gasteiger partial charge on any atom is 0.223 e. The highest BCUT2D eigenvalue weighted by molar-refractivity contribution is 5.79. The Morgan fingerprint density at radius 2 is 1.67 bits per heavy atom. The summed E-state index contributed by atoms with van der Waals surface area (Å²) in [7, 11) is 0. The molecule has 36 heavy (non-hydrogen) atoms. The number of imidazole rings is 1. The van der Waals surface area contributed by atoms with Crippen molar-refractivity contribution in [3.63, 3.8) is 0 Å². The van der Waals surface area contributed by atoms with Gasteiger partial charge in [0.2, 0.25) is 5.91 Å². The first kappa shape index (κ1) is 23.7. The van der Waals surface area contributed by atoms with Gasteiger partial charge in [-0.2, -0.15) is 0 Å². The Labute approximate surface area is 214 Å². The minimum absolute atomic E-state index is 0.0542. The zero-order chi connectivity index (χ0) is 24.5. The molecule has 3 aliphatic heterocycles. The van der Waals surface area contributed by atoms with Crippen LogP contribution >= 0.6 is 0 Å².